The summed E-state index contributed by atoms with van der Waals surface area (Å²) in [6, 6.07) is 1.04. The molecule has 1 heterocycles. The summed E-state index contributed by atoms with van der Waals surface area (Å²) in [4.78, 5) is 11.9. The average molecular weight is 289 g/mol. The molecule has 1 amide bonds. The Kier molecular flexibility index (Phi) is 8.47. The molecule has 112 valence electrons. The van der Waals surface area contributed by atoms with E-state index in [0.29, 0.717) is 18.5 Å². The molecule has 0 aromatic carbocycles. The first-order valence-electron chi connectivity index (χ1n) is 7.87. The van der Waals surface area contributed by atoms with Crippen molar-refractivity contribution in [3.63, 3.8) is 0 Å². The van der Waals surface area contributed by atoms with Crippen molar-refractivity contribution >= 4 is 18.3 Å². The van der Waals surface area contributed by atoms with Crippen molar-refractivity contribution in [2.45, 2.75) is 82.7 Å². The van der Waals surface area contributed by atoms with E-state index in [9.17, 15) is 4.79 Å². The molecular formula is C15H29ClN2O. The van der Waals surface area contributed by atoms with Gasteiger partial charge in [-0.2, -0.15) is 0 Å². The number of nitrogens with one attached hydrogen (secondary N) is 2. The topological polar surface area (TPSA) is 41.1 Å². The van der Waals surface area contributed by atoms with Gasteiger partial charge in [-0.15, -0.1) is 12.4 Å². The van der Waals surface area contributed by atoms with Crippen molar-refractivity contribution < 1.29 is 4.79 Å². The van der Waals surface area contributed by atoms with E-state index in [1.165, 1.54) is 57.8 Å². The van der Waals surface area contributed by atoms with Crippen molar-refractivity contribution in [3.8, 4) is 0 Å². The molecule has 2 aliphatic rings. The van der Waals surface area contributed by atoms with E-state index in [1.54, 1.807) is 0 Å². The summed E-state index contributed by atoms with van der Waals surface area (Å²) in [5.41, 5.74) is 0. The zero-order valence-electron chi connectivity index (χ0n) is 12.0. The van der Waals surface area contributed by atoms with Gasteiger partial charge < -0.3 is 10.6 Å². The summed E-state index contributed by atoms with van der Waals surface area (Å²) < 4.78 is 0. The Labute approximate surface area is 123 Å². The minimum atomic E-state index is 0. The van der Waals surface area contributed by atoms with Crippen LogP contribution in [0.5, 0.6) is 0 Å². The van der Waals surface area contributed by atoms with Crippen molar-refractivity contribution in [1.82, 2.24) is 10.6 Å². The van der Waals surface area contributed by atoms with Crippen LogP contribution in [0.2, 0.25) is 0 Å². The van der Waals surface area contributed by atoms with Gasteiger partial charge >= 0.3 is 0 Å². The highest BCUT2D eigenvalue weighted by molar-refractivity contribution is 5.85. The molecular weight excluding hydrogens is 260 g/mol. The number of amides is 1. The Bertz CT molecular complexity index is 247. The van der Waals surface area contributed by atoms with Gasteiger partial charge in [0.05, 0.1) is 0 Å². The molecule has 2 fully saturated rings. The van der Waals surface area contributed by atoms with E-state index in [4.69, 9.17) is 0 Å². The lowest BCUT2D eigenvalue weighted by atomic mass is 9.96. The number of carbonyl (C=O) groups excluding carboxylic acids is 1. The molecule has 1 saturated heterocycles. The summed E-state index contributed by atoms with van der Waals surface area (Å²) in [6.07, 6.45) is 13.3. The zero-order chi connectivity index (χ0) is 12.6. The quantitative estimate of drug-likeness (QED) is 0.834. The minimum Gasteiger partial charge on any atom is -0.353 e. The lowest BCUT2D eigenvalue weighted by Gasteiger charge is -2.21. The SMILES string of the molecule is Cl.O=C(CCC1CCCN1)NC1CCCCCCC1. The fourth-order valence-electron chi connectivity index (χ4n) is 3.21. The largest absolute Gasteiger partial charge is 0.353 e. The number of hydrogen-bond acceptors (Lipinski definition) is 2. The Hall–Kier alpha value is -0.280. The second-order valence-electron chi connectivity index (χ2n) is 5.94. The first-order valence-corrected chi connectivity index (χ1v) is 7.87. The third-order valence-electron chi connectivity index (χ3n) is 4.35. The number of halogens is 1. The van der Waals surface area contributed by atoms with E-state index < -0.39 is 0 Å². The van der Waals surface area contributed by atoms with Gasteiger partial charge in [-0.05, 0) is 38.6 Å². The monoisotopic (exact) mass is 288 g/mol. The Morgan fingerprint density at radius 2 is 1.68 bits per heavy atom. The lowest BCUT2D eigenvalue weighted by molar-refractivity contribution is -0.122. The van der Waals surface area contributed by atoms with E-state index in [-0.39, 0.29) is 18.3 Å². The molecule has 0 aromatic rings. The van der Waals surface area contributed by atoms with Crippen LogP contribution in [0.1, 0.15) is 70.6 Å². The standard InChI is InChI=1S/C15H28N2O.ClH/c18-15(11-10-13-9-6-12-16-13)17-14-7-4-2-1-3-5-8-14;/h13-14,16H,1-12H2,(H,17,18);1H. The molecule has 3 nitrogen and oxygen atoms in total. The molecule has 0 aromatic heterocycles. The van der Waals surface area contributed by atoms with Crippen LogP contribution in [-0.4, -0.2) is 24.5 Å². The molecule has 2 N–H and O–H groups in total. The Morgan fingerprint density at radius 3 is 2.32 bits per heavy atom. The minimum absolute atomic E-state index is 0. The first-order chi connectivity index (χ1) is 8.84. The van der Waals surface area contributed by atoms with Crippen LogP contribution >= 0.6 is 12.4 Å². The third-order valence-corrected chi connectivity index (χ3v) is 4.35. The molecule has 19 heavy (non-hydrogen) atoms. The van der Waals surface area contributed by atoms with Crippen molar-refractivity contribution in [2.24, 2.45) is 0 Å². The van der Waals surface area contributed by atoms with Gasteiger partial charge in [0.15, 0.2) is 0 Å². The Balaban J connectivity index is 0.00000180. The molecule has 0 spiro atoms. The molecule has 2 rings (SSSR count). The lowest BCUT2D eigenvalue weighted by Crippen LogP contribution is -2.36. The normalized spacial score (nSPS) is 25.2. The second kappa shape index (κ2) is 9.60. The van der Waals surface area contributed by atoms with Gasteiger partial charge in [0.25, 0.3) is 0 Å². The van der Waals surface area contributed by atoms with Crippen LogP contribution in [0.15, 0.2) is 0 Å². The number of rotatable bonds is 4. The van der Waals surface area contributed by atoms with E-state index in [0.717, 1.165) is 13.0 Å². The van der Waals surface area contributed by atoms with Crippen LogP contribution in [-0.2, 0) is 4.79 Å². The van der Waals surface area contributed by atoms with Crippen molar-refractivity contribution in [2.75, 3.05) is 6.54 Å². The summed E-state index contributed by atoms with van der Waals surface area (Å²) in [5.74, 6) is 0.272. The average Bonchev–Trinajstić information content (AvgIpc) is 2.83. The van der Waals surface area contributed by atoms with Gasteiger partial charge in [-0.3, -0.25) is 4.79 Å². The maximum Gasteiger partial charge on any atom is 0.220 e. The molecule has 0 radical (unpaired) electrons. The van der Waals surface area contributed by atoms with Crippen molar-refractivity contribution in [3.05, 3.63) is 0 Å². The maximum atomic E-state index is 11.9. The van der Waals surface area contributed by atoms with Crippen molar-refractivity contribution in [1.29, 1.82) is 0 Å². The smallest absolute Gasteiger partial charge is 0.220 e. The molecule has 1 unspecified atom stereocenters. The fraction of sp³-hybridized carbons (Fsp3) is 0.933. The van der Waals surface area contributed by atoms with Crippen LogP contribution < -0.4 is 10.6 Å². The van der Waals surface area contributed by atoms with E-state index in [2.05, 4.69) is 10.6 Å². The molecule has 0 bridgehead atoms. The van der Waals surface area contributed by atoms with Crippen LogP contribution in [0.3, 0.4) is 0 Å². The second-order valence-corrected chi connectivity index (χ2v) is 5.94. The highest BCUT2D eigenvalue weighted by Gasteiger charge is 2.17. The molecule has 1 atom stereocenters. The van der Waals surface area contributed by atoms with Crippen LogP contribution in [0.4, 0.5) is 0 Å². The van der Waals surface area contributed by atoms with E-state index in [1.807, 2.05) is 0 Å². The van der Waals surface area contributed by atoms with Gasteiger partial charge in [-0.25, -0.2) is 0 Å². The number of carbonyl (C=O) groups is 1. The summed E-state index contributed by atoms with van der Waals surface area (Å²) in [7, 11) is 0. The Morgan fingerprint density at radius 1 is 1.00 bits per heavy atom. The van der Waals surface area contributed by atoms with Crippen LogP contribution in [0.25, 0.3) is 0 Å². The van der Waals surface area contributed by atoms with Gasteiger partial charge in [0.1, 0.15) is 0 Å². The summed E-state index contributed by atoms with van der Waals surface area (Å²) in [5, 5.41) is 6.70. The molecule has 1 saturated carbocycles. The van der Waals surface area contributed by atoms with Gasteiger partial charge in [0, 0.05) is 18.5 Å². The number of hydrogen-bond donors (Lipinski definition) is 2. The molecule has 4 heteroatoms. The summed E-state index contributed by atoms with van der Waals surface area (Å²) >= 11 is 0. The predicted octanol–water partition coefficient (Wildman–Crippen LogP) is 3.17. The highest BCUT2D eigenvalue weighted by Crippen LogP contribution is 2.17. The third kappa shape index (κ3) is 6.62. The van der Waals surface area contributed by atoms with Crippen LogP contribution in [0, 0.1) is 0 Å². The molecule has 1 aliphatic heterocycles. The summed E-state index contributed by atoms with van der Waals surface area (Å²) in [6.45, 7) is 1.13. The predicted molar refractivity (Wildman–Crippen MR) is 81.8 cm³/mol. The maximum absolute atomic E-state index is 11.9. The first kappa shape index (κ1) is 16.8. The molecule has 1 aliphatic carbocycles. The zero-order valence-corrected chi connectivity index (χ0v) is 12.8. The van der Waals surface area contributed by atoms with Gasteiger partial charge in [-0.1, -0.05) is 32.1 Å². The van der Waals surface area contributed by atoms with Gasteiger partial charge in [0.2, 0.25) is 5.91 Å². The van der Waals surface area contributed by atoms with E-state index >= 15 is 0 Å². The fourth-order valence-corrected chi connectivity index (χ4v) is 3.21. The highest BCUT2D eigenvalue weighted by atomic mass is 35.5.